The Kier molecular flexibility index (Phi) is 22.3. The summed E-state index contributed by atoms with van der Waals surface area (Å²) >= 11 is 13.7. The van der Waals surface area contributed by atoms with E-state index >= 15 is 0 Å². The minimum atomic E-state index is -4.62. The first-order chi connectivity index (χ1) is 30.4. The zero-order valence-corrected chi connectivity index (χ0v) is 40.2. The van der Waals surface area contributed by atoms with Crippen molar-refractivity contribution < 1.29 is 74.6 Å². The number of nitrogens with one attached hydrogen (secondary N) is 2. The molecule has 2 heterocycles. The molecule has 31 heteroatoms. The molecular weight excluding hydrogens is 1030 g/mol. The minimum Gasteiger partial charge on any atom is -0.778 e. The van der Waals surface area contributed by atoms with E-state index in [1.807, 2.05) is 5.32 Å². The zero-order valence-electron chi connectivity index (χ0n) is 34.5. The van der Waals surface area contributed by atoms with Crippen LogP contribution in [0, 0.1) is 15.9 Å². The molecule has 1 unspecified atom stereocenters. The molecule has 5 N–H and O–H groups in total. The smallest absolute Gasteiger partial charge is 0.416 e. The lowest BCUT2D eigenvalue weighted by Gasteiger charge is -2.15. The molecule has 0 saturated heterocycles. The van der Waals surface area contributed by atoms with Crippen molar-refractivity contribution in [1.82, 2.24) is 19.4 Å². The highest BCUT2D eigenvalue weighted by molar-refractivity contribution is 8.00. The summed E-state index contributed by atoms with van der Waals surface area (Å²) in [7, 11) is -7.71. The Morgan fingerprint density at radius 2 is 1.64 bits per heavy atom. The van der Waals surface area contributed by atoms with Gasteiger partial charge in [-0.1, -0.05) is 23.2 Å². The fraction of sp³-hybridized carbons (Fsp3) is 0.343. The largest absolute Gasteiger partial charge is 0.778 e. The lowest BCUT2D eigenvalue weighted by Crippen LogP contribution is -2.31. The monoisotopic (exact) mass is 1070 g/mol. The lowest BCUT2D eigenvalue weighted by atomic mass is 10.1. The minimum absolute atomic E-state index is 0.0370. The third-order valence-electron chi connectivity index (χ3n) is 7.22. The normalized spacial score (nSPS) is 13.3. The lowest BCUT2D eigenvalue weighted by molar-refractivity contribution is -0.385. The molecule has 1 aliphatic heterocycles. The number of aromatic nitrogens is 2. The standard InChI is InChI=1S/C15H10ClF3N2O6S.C14H13ClFN3O3S2.C3H8NO5P.C3H9S/c1-28(25,26)20-14(22)10-7-9(3-4-12(10)21(23)24)27-13-5-2-8(6-11(13)16)15(17,18)19;15-8-5-9(16)10(6-11(8)23-7-12(20)21)17-13-18-3-1-2-4-19(18)14(22)24-13;5-3(6)1-4-2-10(7,8)9;1-4(2)3/h2-7H,1H3,(H,20,22);5-6H,1-4,7H2,(H,20,21);4H,1-2H2,(H,5,6)(H2,7,8,9);1-3H3/q;;;+1/p-1. The van der Waals surface area contributed by atoms with Crippen LogP contribution in [-0.4, -0.2) is 99.3 Å². The highest BCUT2D eigenvalue weighted by Gasteiger charge is 2.31. The van der Waals surface area contributed by atoms with Crippen LogP contribution in [0.25, 0.3) is 0 Å². The summed E-state index contributed by atoms with van der Waals surface area (Å²) in [6.45, 7) is 0.813. The summed E-state index contributed by atoms with van der Waals surface area (Å²) in [5, 5.41) is 29.5. The van der Waals surface area contributed by atoms with Crippen LogP contribution < -0.4 is 29.3 Å². The Balaban J connectivity index is 0.000000355. The summed E-state index contributed by atoms with van der Waals surface area (Å²) in [4.78, 5) is 77.6. The number of thioether (sulfide) groups is 1. The molecule has 0 aliphatic carbocycles. The number of sulfonamides is 1. The number of nitro benzene ring substituents is 1. The van der Waals surface area contributed by atoms with Crippen LogP contribution in [0.4, 0.5) is 28.9 Å². The molecule has 364 valence electrons. The first-order valence-electron chi connectivity index (χ1n) is 17.9. The van der Waals surface area contributed by atoms with Crippen molar-refractivity contribution in [1.29, 1.82) is 0 Å². The van der Waals surface area contributed by atoms with Gasteiger partial charge < -0.3 is 29.3 Å². The second-order valence-electron chi connectivity index (χ2n) is 13.4. The highest BCUT2D eigenvalue weighted by Crippen LogP contribution is 2.37. The van der Waals surface area contributed by atoms with Gasteiger partial charge in [-0.3, -0.25) is 39.3 Å². The van der Waals surface area contributed by atoms with Crippen molar-refractivity contribution in [2.24, 2.45) is 4.99 Å². The highest BCUT2D eigenvalue weighted by atomic mass is 35.5. The first-order valence-corrected chi connectivity index (χ1v) is 26.5. The van der Waals surface area contributed by atoms with Gasteiger partial charge >= 0.3 is 23.0 Å². The van der Waals surface area contributed by atoms with Crippen LogP contribution in [0.5, 0.6) is 11.5 Å². The topological polar surface area (TPSA) is 302 Å². The van der Waals surface area contributed by atoms with Gasteiger partial charge in [0.1, 0.15) is 36.2 Å². The number of aliphatic carboxylic acids is 2. The van der Waals surface area contributed by atoms with E-state index in [-0.39, 0.29) is 32.8 Å². The number of carboxylic acids is 2. The van der Waals surface area contributed by atoms with Crippen molar-refractivity contribution in [3.63, 3.8) is 0 Å². The maximum Gasteiger partial charge on any atom is 0.416 e. The number of rotatable bonds is 13. The number of carbonyl (C=O) groups is 3. The molecule has 20 nitrogen and oxygen atoms in total. The summed E-state index contributed by atoms with van der Waals surface area (Å²) in [6.07, 6.45) is 3.80. The van der Waals surface area contributed by atoms with Crippen LogP contribution >= 0.6 is 53.9 Å². The Bertz CT molecular complexity index is 2700. The second-order valence-corrected chi connectivity index (χ2v) is 21.9. The van der Waals surface area contributed by atoms with E-state index in [1.165, 1.54) is 6.07 Å². The molecule has 3 aromatic carbocycles. The average Bonchev–Trinajstić information content (AvgIpc) is 3.49. The Morgan fingerprint density at radius 3 is 2.15 bits per heavy atom. The fourth-order valence-electron chi connectivity index (χ4n) is 4.71. The third kappa shape index (κ3) is 20.6. The van der Waals surface area contributed by atoms with Crippen molar-refractivity contribution in [3.8, 4) is 11.5 Å². The van der Waals surface area contributed by atoms with E-state index < -0.39 is 87.0 Å². The van der Waals surface area contributed by atoms with Crippen LogP contribution in [0.1, 0.15) is 28.8 Å². The Labute approximate surface area is 393 Å². The van der Waals surface area contributed by atoms with Crippen molar-refractivity contribution in [2.75, 3.05) is 43.6 Å². The number of ether oxygens (including phenoxy) is 1. The van der Waals surface area contributed by atoms with Crippen molar-refractivity contribution in [3.05, 3.63) is 100 Å². The number of alkyl halides is 3. The van der Waals surface area contributed by atoms with E-state index in [0.29, 0.717) is 52.1 Å². The van der Waals surface area contributed by atoms with E-state index in [9.17, 15) is 64.7 Å². The molecule has 0 fully saturated rings. The molecule has 1 aromatic heterocycles. The van der Waals surface area contributed by atoms with Gasteiger partial charge in [-0.25, -0.2) is 27.2 Å². The number of carbonyl (C=O) groups excluding carboxylic acids is 1. The molecule has 1 aliphatic rings. The predicted octanol–water partition coefficient (Wildman–Crippen LogP) is 5.11. The number of nitrogens with zero attached hydrogens (tertiary/aromatic N) is 4. The number of fused-ring (bicyclic) bond motifs is 1. The van der Waals surface area contributed by atoms with Gasteiger partial charge in [0, 0.05) is 30.1 Å². The molecule has 0 radical (unpaired) electrons. The van der Waals surface area contributed by atoms with Gasteiger partial charge in [-0.05, 0) is 71.5 Å². The van der Waals surface area contributed by atoms with Crippen molar-refractivity contribution in [2.45, 2.75) is 37.0 Å². The summed E-state index contributed by atoms with van der Waals surface area (Å²) in [5.41, 5.74) is -2.31. The summed E-state index contributed by atoms with van der Waals surface area (Å²) in [5.74, 6) is -4.64. The van der Waals surface area contributed by atoms with Gasteiger partial charge in [0.05, 0.1) is 64.1 Å². The van der Waals surface area contributed by atoms with Crippen LogP contribution in [0.2, 0.25) is 10.0 Å². The maximum absolute atomic E-state index is 14.2. The summed E-state index contributed by atoms with van der Waals surface area (Å²) < 4.78 is 94.7. The SMILES string of the molecule is CS(=O)(=O)NC(=O)c1cc(Oc2ccc(C(F)(F)F)cc2Cl)ccc1[N+](=O)[O-].C[S+](C)C.O=C(O)CNCP(=O)([O-])O.O=C(O)CSc1cc(N=c2sc(=O)n3n2CCCC3)c(F)cc1Cl. The van der Waals surface area contributed by atoms with Gasteiger partial charge in [0.15, 0.2) is 0 Å². The van der Waals surface area contributed by atoms with Crippen LogP contribution in [-0.2, 0) is 54.3 Å². The van der Waals surface area contributed by atoms with Crippen molar-refractivity contribution >= 4 is 104 Å². The molecule has 1 amide bonds. The quantitative estimate of drug-likeness (QED) is 0.0290. The number of carboxylic acid groups (broad SMARTS) is 2. The molecule has 4 aromatic rings. The van der Waals surface area contributed by atoms with Gasteiger partial charge in [0.25, 0.3) is 11.6 Å². The number of benzene rings is 3. The fourth-order valence-corrected chi connectivity index (χ4v) is 7.64. The average molecular weight is 1070 g/mol. The zero-order chi connectivity index (χ0) is 50.3. The summed E-state index contributed by atoms with van der Waals surface area (Å²) in [6, 6.07) is 7.61. The molecule has 0 bridgehead atoms. The van der Waals surface area contributed by atoms with E-state index in [0.717, 1.165) is 66.3 Å². The van der Waals surface area contributed by atoms with Crippen LogP contribution in [0.3, 0.4) is 0 Å². The number of hydrogen-bond donors (Lipinski definition) is 5. The number of nitro groups is 1. The van der Waals surface area contributed by atoms with E-state index in [1.54, 1.807) is 14.1 Å². The van der Waals surface area contributed by atoms with E-state index in [4.69, 9.17) is 43.0 Å². The number of amides is 1. The molecule has 0 saturated carbocycles. The molecule has 0 spiro atoms. The first kappa shape index (κ1) is 57.6. The molecule has 1 atom stereocenters. The van der Waals surface area contributed by atoms with Gasteiger partial charge in [-0.2, -0.15) is 13.2 Å². The predicted molar refractivity (Wildman–Crippen MR) is 238 cm³/mol. The van der Waals surface area contributed by atoms with Gasteiger partial charge in [-0.15, -0.1) is 11.8 Å². The van der Waals surface area contributed by atoms with E-state index in [2.05, 4.69) is 23.8 Å². The second kappa shape index (κ2) is 25.6. The van der Waals surface area contributed by atoms with Crippen LogP contribution in [0.15, 0.2) is 63.2 Å². The Morgan fingerprint density at radius 1 is 1.03 bits per heavy atom. The molecular formula is C35H39Cl2F4N6O14PS4. The number of halogens is 6. The maximum atomic E-state index is 14.2. The third-order valence-corrected chi connectivity index (χ3v) is 11.0. The number of hydrogen-bond acceptors (Lipinski definition) is 15. The van der Waals surface area contributed by atoms with Gasteiger partial charge in [0.2, 0.25) is 14.8 Å². The Hall–Kier alpha value is -4.51. The molecule has 66 heavy (non-hydrogen) atoms. The molecule has 5 rings (SSSR count).